The van der Waals surface area contributed by atoms with Gasteiger partial charge in [-0.1, -0.05) is 6.07 Å². The van der Waals surface area contributed by atoms with Crippen LogP contribution in [-0.4, -0.2) is 52.3 Å². The van der Waals surface area contributed by atoms with Crippen molar-refractivity contribution in [1.29, 1.82) is 0 Å². The number of aromatic nitrogens is 2. The second kappa shape index (κ2) is 8.72. The quantitative estimate of drug-likeness (QED) is 0.699. The van der Waals surface area contributed by atoms with E-state index in [0.29, 0.717) is 26.1 Å². The Morgan fingerprint density at radius 2 is 2.23 bits per heavy atom. The summed E-state index contributed by atoms with van der Waals surface area (Å²) < 4.78 is 6.60. The average Bonchev–Trinajstić information content (AvgIpc) is 3.15. The molecule has 8 nitrogen and oxygen atoms in total. The van der Waals surface area contributed by atoms with Gasteiger partial charge in [0, 0.05) is 30.2 Å². The Balaban J connectivity index is 1.52. The molecule has 0 bridgehead atoms. The van der Waals surface area contributed by atoms with Crippen LogP contribution in [0.4, 0.5) is 0 Å². The molecule has 1 aliphatic rings. The molecule has 3 rings (SSSR count). The number of ether oxygens (including phenoxy) is 1. The predicted molar refractivity (Wildman–Crippen MR) is 95.6 cm³/mol. The Morgan fingerprint density at radius 1 is 1.35 bits per heavy atom. The Labute approximate surface area is 154 Å². The van der Waals surface area contributed by atoms with Crippen LogP contribution in [-0.2, 0) is 27.4 Å². The van der Waals surface area contributed by atoms with Crippen molar-refractivity contribution in [2.75, 3.05) is 19.8 Å². The van der Waals surface area contributed by atoms with Gasteiger partial charge in [-0.25, -0.2) is 4.68 Å². The maximum absolute atomic E-state index is 12.5. The lowest BCUT2D eigenvalue weighted by Gasteiger charge is -2.34. The molecule has 3 heterocycles. The van der Waals surface area contributed by atoms with E-state index in [0.717, 1.165) is 4.88 Å². The van der Waals surface area contributed by atoms with Gasteiger partial charge < -0.3 is 15.0 Å². The molecule has 0 radical (unpaired) electrons. The molecule has 9 heteroatoms. The number of amides is 2. The van der Waals surface area contributed by atoms with E-state index >= 15 is 0 Å². The van der Waals surface area contributed by atoms with Crippen LogP contribution in [0.15, 0.2) is 40.6 Å². The van der Waals surface area contributed by atoms with E-state index in [1.54, 1.807) is 28.5 Å². The van der Waals surface area contributed by atoms with Crippen molar-refractivity contribution in [3.63, 3.8) is 0 Å². The number of carbonyl (C=O) groups excluding carboxylic acids is 2. The highest BCUT2D eigenvalue weighted by Crippen LogP contribution is 2.17. The number of nitrogens with zero attached hydrogens (tertiary/aromatic N) is 3. The fraction of sp³-hybridized carbons (Fsp3) is 0.412. The predicted octanol–water partition coefficient (Wildman–Crippen LogP) is 0.239. The maximum Gasteiger partial charge on any atom is 0.266 e. The van der Waals surface area contributed by atoms with Crippen LogP contribution in [0.25, 0.3) is 0 Å². The number of morpholine rings is 1. The van der Waals surface area contributed by atoms with Crippen molar-refractivity contribution in [3.8, 4) is 0 Å². The largest absolute Gasteiger partial charge is 0.369 e. The van der Waals surface area contributed by atoms with Crippen LogP contribution in [0.5, 0.6) is 0 Å². The molecule has 26 heavy (non-hydrogen) atoms. The van der Waals surface area contributed by atoms with Crippen LogP contribution in [0.1, 0.15) is 11.3 Å². The third kappa shape index (κ3) is 4.55. The monoisotopic (exact) mass is 376 g/mol. The molecule has 0 spiro atoms. The first-order valence-corrected chi connectivity index (χ1v) is 9.22. The fourth-order valence-electron chi connectivity index (χ4n) is 2.70. The molecule has 138 valence electrons. The molecule has 2 aromatic heterocycles. The minimum absolute atomic E-state index is 0.00223. The molecule has 0 saturated carbocycles. The van der Waals surface area contributed by atoms with Gasteiger partial charge in [-0.3, -0.25) is 14.4 Å². The summed E-state index contributed by atoms with van der Waals surface area (Å²) in [5.41, 5.74) is -0.174. The van der Waals surface area contributed by atoms with Crippen LogP contribution in [0, 0.1) is 0 Å². The van der Waals surface area contributed by atoms with E-state index in [4.69, 9.17) is 4.74 Å². The second-order valence-electron chi connectivity index (χ2n) is 5.86. The number of nitrogens with one attached hydrogen (secondary N) is 1. The van der Waals surface area contributed by atoms with Crippen molar-refractivity contribution >= 4 is 23.2 Å². The lowest BCUT2D eigenvalue weighted by molar-refractivity contribution is -0.155. The highest BCUT2D eigenvalue weighted by Gasteiger charge is 2.33. The minimum Gasteiger partial charge on any atom is -0.369 e. The Kier molecular flexibility index (Phi) is 6.13. The molecular weight excluding hydrogens is 356 g/mol. The van der Waals surface area contributed by atoms with E-state index in [2.05, 4.69) is 10.4 Å². The van der Waals surface area contributed by atoms with Gasteiger partial charge in [0.25, 0.3) is 5.56 Å². The van der Waals surface area contributed by atoms with Crippen LogP contribution < -0.4 is 10.9 Å². The van der Waals surface area contributed by atoms with Crippen molar-refractivity contribution in [2.24, 2.45) is 0 Å². The van der Waals surface area contributed by atoms with E-state index in [1.807, 2.05) is 17.5 Å². The van der Waals surface area contributed by atoms with E-state index in [9.17, 15) is 14.4 Å². The first kappa shape index (κ1) is 18.3. The van der Waals surface area contributed by atoms with Crippen LogP contribution in [0.3, 0.4) is 0 Å². The lowest BCUT2D eigenvalue weighted by Crippen LogP contribution is -2.56. The highest BCUT2D eigenvalue weighted by atomic mass is 32.1. The van der Waals surface area contributed by atoms with Crippen molar-refractivity contribution in [1.82, 2.24) is 20.0 Å². The molecule has 1 saturated heterocycles. The SMILES string of the molecule is O=C(NCCCn1ncccc1=O)[C@@H]1COCC(=O)N1Cc1cccs1. The first-order valence-electron chi connectivity index (χ1n) is 8.34. The van der Waals surface area contributed by atoms with Crippen LogP contribution in [0.2, 0.25) is 0 Å². The Hall–Kier alpha value is -2.52. The van der Waals surface area contributed by atoms with Gasteiger partial charge in [0.2, 0.25) is 11.8 Å². The third-order valence-corrected chi connectivity index (χ3v) is 4.90. The van der Waals surface area contributed by atoms with E-state index in [-0.39, 0.29) is 30.6 Å². The molecule has 1 N–H and O–H groups in total. The Bertz CT molecular complexity index is 805. The maximum atomic E-state index is 12.5. The molecule has 0 aliphatic carbocycles. The number of carbonyl (C=O) groups is 2. The number of aryl methyl sites for hydroxylation is 1. The third-order valence-electron chi connectivity index (χ3n) is 4.04. The van der Waals surface area contributed by atoms with Gasteiger partial charge in [-0.2, -0.15) is 5.10 Å². The number of rotatable bonds is 7. The molecule has 2 amide bonds. The summed E-state index contributed by atoms with van der Waals surface area (Å²) in [6.45, 7) is 1.39. The number of thiophene rings is 1. The van der Waals surface area contributed by atoms with Gasteiger partial charge in [0.05, 0.1) is 13.2 Å². The molecular formula is C17H20N4O4S. The Morgan fingerprint density at radius 3 is 3.00 bits per heavy atom. The molecule has 2 aromatic rings. The lowest BCUT2D eigenvalue weighted by atomic mass is 10.2. The van der Waals surface area contributed by atoms with Crippen molar-refractivity contribution in [3.05, 3.63) is 51.1 Å². The summed E-state index contributed by atoms with van der Waals surface area (Å²) in [7, 11) is 0. The van der Waals surface area contributed by atoms with E-state index in [1.165, 1.54) is 10.7 Å². The van der Waals surface area contributed by atoms with E-state index < -0.39 is 6.04 Å². The number of hydrogen-bond acceptors (Lipinski definition) is 6. The summed E-state index contributed by atoms with van der Waals surface area (Å²) in [5, 5.41) is 8.73. The summed E-state index contributed by atoms with van der Waals surface area (Å²) in [5.74, 6) is -0.437. The molecule has 0 aromatic carbocycles. The zero-order valence-corrected chi connectivity index (χ0v) is 15.0. The summed E-state index contributed by atoms with van der Waals surface area (Å²) in [4.78, 5) is 38.8. The molecule has 1 atom stereocenters. The van der Waals surface area contributed by atoms with Gasteiger partial charge in [0.1, 0.15) is 12.6 Å². The van der Waals surface area contributed by atoms with Gasteiger partial charge in [-0.05, 0) is 23.9 Å². The van der Waals surface area contributed by atoms with Gasteiger partial charge >= 0.3 is 0 Å². The van der Waals surface area contributed by atoms with Crippen molar-refractivity contribution in [2.45, 2.75) is 25.6 Å². The van der Waals surface area contributed by atoms with Gasteiger partial charge in [0.15, 0.2) is 0 Å². The summed E-state index contributed by atoms with van der Waals surface area (Å²) in [6.07, 6.45) is 2.11. The summed E-state index contributed by atoms with van der Waals surface area (Å²) in [6, 6.07) is 6.24. The van der Waals surface area contributed by atoms with Gasteiger partial charge in [-0.15, -0.1) is 11.3 Å². The standard InChI is InChI=1S/C17H20N4O4S/c22-15-5-1-7-19-21(15)8-3-6-18-17(24)14-11-25-12-16(23)20(14)10-13-4-2-9-26-13/h1-2,4-5,7,9,14H,3,6,8,10-12H2,(H,18,24)/t14-/m0/s1. The smallest absolute Gasteiger partial charge is 0.266 e. The second-order valence-corrected chi connectivity index (χ2v) is 6.89. The zero-order valence-electron chi connectivity index (χ0n) is 14.2. The normalized spacial score (nSPS) is 17.3. The molecule has 1 fully saturated rings. The topological polar surface area (TPSA) is 93.5 Å². The number of hydrogen-bond donors (Lipinski definition) is 1. The minimum atomic E-state index is -0.643. The van der Waals surface area contributed by atoms with Crippen molar-refractivity contribution < 1.29 is 14.3 Å². The summed E-state index contributed by atoms with van der Waals surface area (Å²) >= 11 is 1.55. The fourth-order valence-corrected chi connectivity index (χ4v) is 3.41. The average molecular weight is 376 g/mol. The highest BCUT2D eigenvalue weighted by molar-refractivity contribution is 7.09. The first-order chi connectivity index (χ1) is 12.6. The zero-order chi connectivity index (χ0) is 18.4. The van der Waals surface area contributed by atoms with Crippen LogP contribution >= 0.6 is 11.3 Å². The molecule has 1 aliphatic heterocycles. The molecule has 0 unspecified atom stereocenters.